The summed E-state index contributed by atoms with van der Waals surface area (Å²) in [7, 11) is 1.58. The van der Waals surface area contributed by atoms with Gasteiger partial charge in [-0.1, -0.05) is 61.0 Å². The molecule has 0 bridgehead atoms. The summed E-state index contributed by atoms with van der Waals surface area (Å²) in [5, 5.41) is 12.7. The van der Waals surface area contributed by atoms with Gasteiger partial charge in [0.1, 0.15) is 41.0 Å². The van der Waals surface area contributed by atoms with Crippen molar-refractivity contribution in [1.82, 2.24) is 14.2 Å². The number of benzene rings is 3. The van der Waals surface area contributed by atoms with Crippen LogP contribution in [-0.4, -0.2) is 90.9 Å². The number of hydrogen-bond acceptors (Lipinski definition) is 14. The van der Waals surface area contributed by atoms with E-state index in [2.05, 4.69) is 48.7 Å². The number of unbranched alkanes of at least 4 members (excludes halogenated alkanes) is 3. The number of nitriles is 1. The lowest BCUT2D eigenvalue weighted by Crippen LogP contribution is -2.39. The summed E-state index contributed by atoms with van der Waals surface area (Å²) in [6, 6.07) is 27.9. The van der Waals surface area contributed by atoms with Crippen LogP contribution in [0.15, 0.2) is 89.9 Å². The Kier molecular flexibility index (Phi) is 20.8. The standard InChI is InChI=1S/C51H68N5O10P/c1-36(2)56(37(3)4)67(64-32-16-29-52)66-45-33-47(55-34-38(5)49(54-50(55)59)53-30-14-9-10-15-31-62-48(58)28-19-39(6)57)65-46(45)35-63-51(40-17-12-11-13-18-40,41-20-24-43(60-7)25-21-41)42-22-26-44(61-8)27-23-42/h11-13,17-18,20-27,34,36-37,45-47H,9-10,14-16,19,28,30-33,35H2,1-8H3,(H,53,54,59)/t45-,46+,47+,67?/m0/s1. The molecule has 5 rings (SSSR count). The SMILES string of the molecule is COc1ccc(C(OC[C@H]2O[C@@H](n3cc(C)c(NCCCCCCOC(=O)CCC(C)=O)nc3=O)C[C@@H]2OP(OCCC#N)N(C(C)C)C(C)C)(c2ccccc2)c2ccc(OC)cc2)cc1. The summed E-state index contributed by atoms with van der Waals surface area (Å²) in [5.41, 5.74) is 1.74. The minimum absolute atomic E-state index is 0.0324. The average Bonchev–Trinajstić information content (AvgIpc) is 3.72. The molecule has 0 radical (unpaired) electrons. The van der Waals surface area contributed by atoms with Crippen molar-refractivity contribution in [3.8, 4) is 17.6 Å². The Hall–Kier alpha value is -5.20. The Morgan fingerprint density at radius 3 is 2.09 bits per heavy atom. The molecule has 16 heteroatoms. The smallest absolute Gasteiger partial charge is 0.351 e. The molecule has 4 aromatic rings. The van der Waals surface area contributed by atoms with E-state index < -0.39 is 38.3 Å². The largest absolute Gasteiger partial charge is 0.497 e. The van der Waals surface area contributed by atoms with Crippen molar-refractivity contribution in [2.45, 2.75) is 129 Å². The van der Waals surface area contributed by atoms with Gasteiger partial charge in [-0.3, -0.25) is 9.36 Å². The van der Waals surface area contributed by atoms with Gasteiger partial charge in [0, 0.05) is 43.2 Å². The zero-order valence-corrected chi connectivity index (χ0v) is 41.2. The lowest BCUT2D eigenvalue weighted by Gasteiger charge is -2.39. The van der Waals surface area contributed by atoms with Crippen molar-refractivity contribution in [1.29, 1.82) is 5.26 Å². The highest BCUT2D eigenvalue weighted by Gasteiger charge is 2.45. The molecule has 15 nitrogen and oxygen atoms in total. The number of rotatable bonds is 28. The van der Waals surface area contributed by atoms with Crippen LogP contribution in [0.3, 0.4) is 0 Å². The van der Waals surface area contributed by atoms with Crippen LogP contribution in [0, 0.1) is 18.3 Å². The fourth-order valence-electron chi connectivity index (χ4n) is 8.10. The maximum atomic E-state index is 13.9. The monoisotopic (exact) mass is 941 g/mol. The van der Waals surface area contributed by atoms with Crippen LogP contribution < -0.4 is 20.5 Å². The number of nitrogens with zero attached hydrogens (tertiary/aromatic N) is 4. The molecule has 4 atom stereocenters. The number of methoxy groups -OCH3 is 2. The number of ether oxygens (including phenoxy) is 5. The predicted octanol–water partition coefficient (Wildman–Crippen LogP) is 9.41. The Labute approximate surface area is 397 Å². The van der Waals surface area contributed by atoms with Gasteiger partial charge in [-0.15, -0.1) is 0 Å². The van der Waals surface area contributed by atoms with Gasteiger partial charge in [-0.2, -0.15) is 10.2 Å². The first-order valence-electron chi connectivity index (χ1n) is 23.2. The number of Topliss-reactive ketones (excluding diaryl/α,β-unsaturated/α-hetero) is 1. The van der Waals surface area contributed by atoms with Crippen molar-refractivity contribution in [3.63, 3.8) is 0 Å². The number of nitrogens with one attached hydrogen (secondary N) is 1. The van der Waals surface area contributed by atoms with Crippen molar-refractivity contribution < 1.29 is 42.3 Å². The second-order valence-electron chi connectivity index (χ2n) is 17.1. The molecule has 0 aliphatic carbocycles. The fraction of sp³-hybridized carbons (Fsp3) is 0.510. The van der Waals surface area contributed by atoms with Crippen LogP contribution in [0.4, 0.5) is 5.82 Å². The van der Waals surface area contributed by atoms with Crippen LogP contribution in [-0.2, 0) is 38.4 Å². The number of anilines is 1. The molecule has 1 unspecified atom stereocenters. The Morgan fingerprint density at radius 2 is 1.51 bits per heavy atom. The third kappa shape index (κ3) is 14.6. The molecule has 1 aliphatic rings. The van der Waals surface area contributed by atoms with Gasteiger partial charge in [-0.25, -0.2) is 9.46 Å². The Morgan fingerprint density at radius 1 is 0.896 bits per heavy atom. The van der Waals surface area contributed by atoms with Gasteiger partial charge in [0.05, 0.1) is 59.1 Å². The van der Waals surface area contributed by atoms with E-state index in [1.807, 2.05) is 85.8 Å². The molecule has 1 saturated heterocycles. The molecule has 0 saturated carbocycles. The van der Waals surface area contributed by atoms with Gasteiger partial charge >= 0.3 is 11.7 Å². The highest BCUT2D eigenvalue weighted by atomic mass is 31.2. The molecular weight excluding hydrogens is 874 g/mol. The first-order valence-corrected chi connectivity index (χ1v) is 24.3. The molecule has 362 valence electrons. The summed E-state index contributed by atoms with van der Waals surface area (Å²) in [5.74, 6) is 1.52. The maximum absolute atomic E-state index is 13.9. The van der Waals surface area contributed by atoms with Crippen LogP contribution in [0.5, 0.6) is 11.5 Å². The predicted molar refractivity (Wildman–Crippen MR) is 258 cm³/mol. The van der Waals surface area contributed by atoms with Crippen LogP contribution in [0.2, 0.25) is 0 Å². The van der Waals surface area contributed by atoms with E-state index in [4.69, 9.17) is 32.7 Å². The van der Waals surface area contributed by atoms with E-state index in [0.717, 1.165) is 47.9 Å². The average molecular weight is 942 g/mol. The van der Waals surface area contributed by atoms with Gasteiger partial charge in [0.15, 0.2) is 0 Å². The summed E-state index contributed by atoms with van der Waals surface area (Å²) in [6.07, 6.45) is 3.86. The number of carbonyl (C=O) groups is 2. The van der Waals surface area contributed by atoms with E-state index in [9.17, 15) is 19.6 Å². The minimum atomic E-state index is -1.69. The highest BCUT2D eigenvalue weighted by Crippen LogP contribution is 2.51. The minimum Gasteiger partial charge on any atom is -0.497 e. The molecule has 3 aromatic carbocycles. The van der Waals surface area contributed by atoms with Crippen LogP contribution in [0.25, 0.3) is 0 Å². The Balaban J connectivity index is 1.42. The molecule has 2 heterocycles. The summed E-state index contributed by atoms with van der Waals surface area (Å²) in [6.45, 7) is 12.9. The summed E-state index contributed by atoms with van der Waals surface area (Å²) >= 11 is 0. The molecule has 0 spiro atoms. The lowest BCUT2D eigenvalue weighted by atomic mass is 9.80. The fourth-order valence-corrected chi connectivity index (χ4v) is 9.86. The number of carbonyl (C=O) groups excluding carboxylic acids is 2. The number of ketones is 1. The quantitative estimate of drug-likeness (QED) is 0.0247. The van der Waals surface area contributed by atoms with Gasteiger partial charge < -0.3 is 42.8 Å². The zero-order valence-electron chi connectivity index (χ0n) is 40.3. The topological polar surface area (TPSA) is 173 Å². The van der Waals surface area contributed by atoms with Crippen molar-refractivity contribution in [3.05, 3.63) is 118 Å². The molecule has 1 fully saturated rings. The number of esters is 1. The molecule has 1 aliphatic heterocycles. The van der Waals surface area contributed by atoms with Gasteiger partial charge in [0.25, 0.3) is 8.53 Å². The molecule has 1 N–H and O–H groups in total. The zero-order chi connectivity index (χ0) is 48.3. The van der Waals surface area contributed by atoms with Crippen molar-refractivity contribution in [2.24, 2.45) is 0 Å². The molecule has 0 amide bonds. The van der Waals surface area contributed by atoms with E-state index >= 15 is 0 Å². The number of aromatic nitrogens is 2. The normalized spacial score (nSPS) is 16.5. The van der Waals surface area contributed by atoms with Gasteiger partial charge in [0.2, 0.25) is 0 Å². The third-order valence-electron chi connectivity index (χ3n) is 11.5. The maximum Gasteiger partial charge on any atom is 0.351 e. The van der Waals surface area contributed by atoms with Crippen LogP contribution >= 0.6 is 8.53 Å². The van der Waals surface area contributed by atoms with E-state index in [0.29, 0.717) is 36.9 Å². The highest BCUT2D eigenvalue weighted by molar-refractivity contribution is 7.44. The molecular formula is C51H68N5O10P. The van der Waals surface area contributed by atoms with Crippen molar-refractivity contribution >= 4 is 26.1 Å². The lowest BCUT2D eigenvalue weighted by molar-refractivity contribution is -0.144. The van der Waals surface area contributed by atoms with E-state index in [1.54, 1.807) is 20.4 Å². The number of hydrogen-bond donors (Lipinski definition) is 1. The molecule has 1 aromatic heterocycles. The first-order chi connectivity index (χ1) is 32.3. The second-order valence-corrected chi connectivity index (χ2v) is 18.5. The van der Waals surface area contributed by atoms with Crippen molar-refractivity contribution in [2.75, 3.05) is 45.9 Å². The van der Waals surface area contributed by atoms with Crippen LogP contribution in [0.1, 0.15) is 114 Å². The summed E-state index contributed by atoms with van der Waals surface area (Å²) in [4.78, 5) is 41.3. The molecule has 67 heavy (non-hydrogen) atoms. The second kappa shape index (κ2) is 26.4. The van der Waals surface area contributed by atoms with E-state index in [-0.39, 0.29) is 56.3 Å². The third-order valence-corrected chi connectivity index (χ3v) is 13.6. The summed E-state index contributed by atoms with van der Waals surface area (Å²) < 4.78 is 47.6. The number of aryl methyl sites for hydroxylation is 1. The van der Waals surface area contributed by atoms with Gasteiger partial charge in [-0.05, 0) is 102 Å². The Bertz CT molecular complexity index is 2200. The van der Waals surface area contributed by atoms with E-state index in [1.165, 1.54) is 11.5 Å². The first kappa shape index (κ1) is 52.8.